The van der Waals surface area contributed by atoms with Gasteiger partial charge in [0.1, 0.15) is 0 Å². The third kappa shape index (κ3) is 3.73. The second-order valence-electron chi connectivity index (χ2n) is 5.67. The van der Waals surface area contributed by atoms with Crippen molar-refractivity contribution in [2.24, 2.45) is 5.92 Å². The Morgan fingerprint density at radius 1 is 1.14 bits per heavy atom. The minimum atomic E-state index is -4.58. The lowest BCUT2D eigenvalue weighted by Crippen LogP contribution is -2.27. The molecule has 3 nitrogen and oxygen atoms in total. The molecule has 1 fully saturated rings. The van der Waals surface area contributed by atoms with Crippen molar-refractivity contribution in [3.8, 4) is 0 Å². The van der Waals surface area contributed by atoms with Crippen LogP contribution < -0.4 is 5.32 Å². The van der Waals surface area contributed by atoms with Crippen molar-refractivity contribution in [2.75, 3.05) is 5.32 Å². The molecule has 1 aromatic carbocycles. The second kappa shape index (κ2) is 6.73. The van der Waals surface area contributed by atoms with Crippen LogP contribution in [-0.4, -0.2) is 20.2 Å². The first-order valence-electron chi connectivity index (χ1n) is 7.30. The molecule has 1 aromatic rings. The molecule has 2 atom stereocenters. The molecule has 2 rings (SSSR count). The van der Waals surface area contributed by atoms with Gasteiger partial charge < -0.3 is 5.32 Å². The monoisotopic (exact) mass is 317 g/mol. The standard InChI is InChI=1S/C15H21F2NO2S/c1-11-7-3-2-4-8-12(11)18-13-9-5-6-10-14(13)21(19,20)15(16)17/h5-6,9-12,15,18H,2-4,7-8H2,1H3. The van der Waals surface area contributed by atoms with Crippen molar-refractivity contribution in [3.05, 3.63) is 24.3 Å². The average molecular weight is 317 g/mol. The van der Waals surface area contributed by atoms with Gasteiger partial charge in [-0.2, -0.15) is 8.78 Å². The van der Waals surface area contributed by atoms with E-state index in [2.05, 4.69) is 12.2 Å². The molecule has 1 saturated carbocycles. The van der Waals surface area contributed by atoms with Crippen LogP contribution in [0.2, 0.25) is 0 Å². The molecular weight excluding hydrogens is 296 g/mol. The van der Waals surface area contributed by atoms with E-state index in [1.165, 1.54) is 18.6 Å². The van der Waals surface area contributed by atoms with Crippen LogP contribution in [0, 0.1) is 5.92 Å². The van der Waals surface area contributed by atoms with Crippen molar-refractivity contribution in [3.63, 3.8) is 0 Å². The van der Waals surface area contributed by atoms with Crippen LogP contribution in [0.3, 0.4) is 0 Å². The number of halogens is 2. The van der Waals surface area contributed by atoms with Gasteiger partial charge in [0.15, 0.2) is 0 Å². The molecule has 0 aliphatic heterocycles. The Morgan fingerprint density at radius 3 is 2.52 bits per heavy atom. The van der Waals surface area contributed by atoms with E-state index in [0.29, 0.717) is 5.92 Å². The van der Waals surface area contributed by atoms with Gasteiger partial charge in [-0.25, -0.2) is 8.42 Å². The fourth-order valence-electron chi connectivity index (χ4n) is 2.84. The molecule has 118 valence electrons. The van der Waals surface area contributed by atoms with E-state index in [9.17, 15) is 17.2 Å². The number of hydrogen-bond acceptors (Lipinski definition) is 3. The van der Waals surface area contributed by atoms with Gasteiger partial charge in [-0.05, 0) is 30.9 Å². The van der Waals surface area contributed by atoms with Gasteiger partial charge in [0.2, 0.25) is 9.84 Å². The maximum atomic E-state index is 12.8. The highest BCUT2D eigenvalue weighted by molar-refractivity contribution is 7.91. The lowest BCUT2D eigenvalue weighted by molar-refractivity contribution is 0.235. The summed E-state index contributed by atoms with van der Waals surface area (Å²) in [6.07, 6.45) is 5.41. The summed E-state index contributed by atoms with van der Waals surface area (Å²) in [5.74, 6) is -3.00. The van der Waals surface area contributed by atoms with E-state index in [1.807, 2.05) is 0 Å². The zero-order valence-electron chi connectivity index (χ0n) is 12.1. The van der Waals surface area contributed by atoms with Gasteiger partial charge in [0, 0.05) is 6.04 Å². The Kier molecular flexibility index (Phi) is 5.19. The van der Waals surface area contributed by atoms with Crippen LogP contribution in [0.25, 0.3) is 0 Å². The van der Waals surface area contributed by atoms with Crippen LogP contribution in [0.4, 0.5) is 14.5 Å². The molecule has 0 heterocycles. The molecule has 6 heteroatoms. The Bertz CT molecular complexity index is 575. The van der Waals surface area contributed by atoms with Gasteiger partial charge in [0.25, 0.3) is 0 Å². The predicted octanol–water partition coefficient (Wildman–Crippen LogP) is 4.06. The fraction of sp³-hybridized carbons (Fsp3) is 0.600. The SMILES string of the molecule is CC1CCCCCC1Nc1ccccc1S(=O)(=O)C(F)F. The first-order chi connectivity index (χ1) is 9.93. The summed E-state index contributed by atoms with van der Waals surface area (Å²) in [6.45, 7) is 2.12. The fourth-order valence-corrected chi connectivity index (χ4v) is 3.73. The molecule has 2 unspecified atom stereocenters. The molecule has 1 aliphatic carbocycles. The molecule has 0 spiro atoms. The maximum Gasteiger partial charge on any atom is 0.341 e. The summed E-state index contributed by atoms with van der Waals surface area (Å²) < 4.78 is 49.1. The third-order valence-electron chi connectivity index (χ3n) is 4.13. The molecule has 0 saturated heterocycles. The smallest absolute Gasteiger partial charge is 0.341 e. The van der Waals surface area contributed by atoms with Gasteiger partial charge in [0.05, 0.1) is 10.6 Å². The summed E-state index contributed by atoms with van der Waals surface area (Å²) in [4.78, 5) is -0.309. The number of rotatable bonds is 4. The average Bonchev–Trinajstić information content (AvgIpc) is 2.64. The van der Waals surface area contributed by atoms with E-state index < -0.39 is 15.6 Å². The number of hydrogen-bond donors (Lipinski definition) is 1. The van der Waals surface area contributed by atoms with E-state index >= 15 is 0 Å². The summed E-state index contributed by atoms with van der Waals surface area (Å²) in [5.41, 5.74) is 0.288. The van der Waals surface area contributed by atoms with Crippen molar-refractivity contribution < 1.29 is 17.2 Å². The zero-order chi connectivity index (χ0) is 15.5. The Hall–Kier alpha value is -1.17. The Morgan fingerprint density at radius 2 is 1.81 bits per heavy atom. The molecule has 0 aromatic heterocycles. The lowest BCUT2D eigenvalue weighted by Gasteiger charge is -2.25. The maximum absolute atomic E-state index is 12.8. The molecule has 1 N–H and O–H groups in total. The van der Waals surface area contributed by atoms with Gasteiger partial charge in [-0.1, -0.05) is 38.3 Å². The van der Waals surface area contributed by atoms with E-state index in [-0.39, 0.29) is 16.6 Å². The molecule has 0 radical (unpaired) electrons. The number of para-hydroxylation sites is 1. The van der Waals surface area contributed by atoms with Crippen LogP contribution in [-0.2, 0) is 9.84 Å². The Labute approximate surface area is 124 Å². The highest BCUT2D eigenvalue weighted by Gasteiger charge is 2.30. The summed E-state index contributed by atoms with van der Waals surface area (Å²) in [6, 6.07) is 6.06. The lowest BCUT2D eigenvalue weighted by atomic mass is 9.97. The van der Waals surface area contributed by atoms with Crippen molar-refractivity contribution in [1.82, 2.24) is 0 Å². The molecule has 21 heavy (non-hydrogen) atoms. The van der Waals surface area contributed by atoms with Crippen molar-refractivity contribution >= 4 is 15.5 Å². The number of nitrogens with one attached hydrogen (secondary N) is 1. The Balaban J connectivity index is 2.28. The summed E-state index contributed by atoms with van der Waals surface area (Å²) in [7, 11) is -4.58. The van der Waals surface area contributed by atoms with Crippen molar-refractivity contribution in [1.29, 1.82) is 0 Å². The van der Waals surface area contributed by atoms with E-state index in [1.54, 1.807) is 12.1 Å². The third-order valence-corrected chi connectivity index (χ3v) is 5.57. The predicted molar refractivity (Wildman–Crippen MR) is 79.3 cm³/mol. The summed E-state index contributed by atoms with van der Waals surface area (Å²) >= 11 is 0. The minimum Gasteiger partial charge on any atom is -0.381 e. The highest BCUT2D eigenvalue weighted by Crippen LogP contribution is 2.30. The molecule has 0 amide bonds. The second-order valence-corrected chi connectivity index (χ2v) is 7.55. The van der Waals surface area contributed by atoms with Crippen molar-refractivity contribution in [2.45, 2.75) is 55.7 Å². The van der Waals surface area contributed by atoms with Gasteiger partial charge in [-0.15, -0.1) is 0 Å². The molecule has 0 bridgehead atoms. The zero-order valence-corrected chi connectivity index (χ0v) is 12.9. The first kappa shape index (κ1) is 16.2. The van der Waals surface area contributed by atoms with E-state index in [0.717, 1.165) is 25.7 Å². The largest absolute Gasteiger partial charge is 0.381 e. The van der Waals surface area contributed by atoms with Crippen LogP contribution >= 0.6 is 0 Å². The minimum absolute atomic E-state index is 0.126. The number of benzene rings is 1. The molecule has 1 aliphatic rings. The number of alkyl halides is 2. The topological polar surface area (TPSA) is 46.2 Å². The van der Waals surface area contributed by atoms with Crippen LogP contribution in [0.5, 0.6) is 0 Å². The quantitative estimate of drug-likeness (QED) is 0.852. The first-order valence-corrected chi connectivity index (χ1v) is 8.85. The highest BCUT2D eigenvalue weighted by atomic mass is 32.2. The molecular formula is C15H21F2NO2S. The summed E-state index contributed by atoms with van der Waals surface area (Å²) in [5, 5.41) is 3.19. The normalized spacial score (nSPS) is 23.8. The number of anilines is 1. The van der Waals surface area contributed by atoms with E-state index in [4.69, 9.17) is 0 Å². The number of sulfone groups is 1. The van der Waals surface area contributed by atoms with Crippen LogP contribution in [0.1, 0.15) is 39.0 Å². The van der Waals surface area contributed by atoms with Gasteiger partial charge >= 0.3 is 5.76 Å². The van der Waals surface area contributed by atoms with Crippen LogP contribution in [0.15, 0.2) is 29.2 Å². The van der Waals surface area contributed by atoms with Gasteiger partial charge in [-0.3, -0.25) is 0 Å².